The second-order valence-corrected chi connectivity index (χ2v) is 6.24. The number of nitrogens with zero attached hydrogens (tertiary/aromatic N) is 1. The van der Waals surface area contributed by atoms with E-state index in [0.717, 1.165) is 10.5 Å². The van der Waals surface area contributed by atoms with Crippen LogP contribution in [0, 0.1) is 5.82 Å². The molecule has 1 aromatic heterocycles. The van der Waals surface area contributed by atoms with Crippen LogP contribution < -0.4 is 4.90 Å². The zero-order valence-electron chi connectivity index (χ0n) is 13.1. The first-order chi connectivity index (χ1) is 11.7. The van der Waals surface area contributed by atoms with E-state index in [9.17, 15) is 9.18 Å². The summed E-state index contributed by atoms with van der Waals surface area (Å²) in [6, 6.07) is 17.9. The summed E-state index contributed by atoms with van der Waals surface area (Å²) >= 11 is 1.62. The first kappa shape index (κ1) is 16.3. The molecule has 3 nitrogen and oxygen atoms in total. The standard InChI is InChI=1S/C19H16FNO2S/c1-21(17-10-6-5-9-16(17)20)19(22)18-14(11-12-23-18)13-24-15-7-3-2-4-8-15/h2-12H,13H2,1H3. The van der Waals surface area contributed by atoms with Crippen LogP contribution in [-0.4, -0.2) is 13.0 Å². The first-order valence-electron chi connectivity index (χ1n) is 7.43. The summed E-state index contributed by atoms with van der Waals surface area (Å²) in [5.74, 6) is 0.0326. The number of carbonyl (C=O) groups is 1. The van der Waals surface area contributed by atoms with Gasteiger partial charge in [-0.05, 0) is 30.3 Å². The van der Waals surface area contributed by atoms with Crippen molar-refractivity contribution in [3.05, 3.63) is 84.1 Å². The maximum Gasteiger partial charge on any atom is 0.294 e. The molecule has 0 radical (unpaired) electrons. The molecule has 0 bridgehead atoms. The minimum Gasteiger partial charge on any atom is -0.459 e. The fourth-order valence-electron chi connectivity index (χ4n) is 2.30. The van der Waals surface area contributed by atoms with Gasteiger partial charge in [0, 0.05) is 23.3 Å². The van der Waals surface area contributed by atoms with Crippen LogP contribution >= 0.6 is 11.8 Å². The van der Waals surface area contributed by atoms with Gasteiger partial charge in [-0.25, -0.2) is 4.39 Å². The molecule has 3 aromatic rings. The molecule has 0 fully saturated rings. The number of para-hydroxylation sites is 1. The number of rotatable bonds is 5. The van der Waals surface area contributed by atoms with E-state index in [-0.39, 0.29) is 17.4 Å². The number of thioether (sulfide) groups is 1. The van der Waals surface area contributed by atoms with Gasteiger partial charge in [0.15, 0.2) is 5.76 Å². The Labute approximate surface area is 144 Å². The van der Waals surface area contributed by atoms with E-state index in [0.29, 0.717) is 5.75 Å². The molecule has 0 saturated heterocycles. The van der Waals surface area contributed by atoms with Crippen LogP contribution in [0.3, 0.4) is 0 Å². The number of halogens is 1. The van der Waals surface area contributed by atoms with E-state index >= 15 is 0 Å². The zero-order chi connectivity index (χ0) is 16.9. The molecule has 0 aliphatic heterocycles. The van der Waals surface area contributed by atoms with Crippen LogP contribution in [0.1, 0.15) is 16.1 Å². The van der Waals surface area contributed by atoms with Crippen molar-refractivity contribution in [1.29, 1.82) is 0 Å². The summed E-state index contributed by atoms with van der Waals surface area (Å²) in [6.07, 6.45) is 1.49. The molecule has 0 aliphatic carbocycles. The molecule has 1 amide bonds. The summed E-state index contributed by atoms with van der Waals surface area (Å²) in [4.78, 5) is 15.0. The predicted octanol–water partition coefficient (Wildman–Crippen LogP) is 4.99. The van der Waals surface area contributed by atoms with E-state index in [1.165, 1.54) is 24.3 Å². The fraction of sp³-hybridized carbons (Fsp3) is 0.105. The molecule has 0 atom stereocenters. The van der Waals surface area contributed by atoms with Gasteiger partial charge >= 0.3 is 0 Å². The highest BCUT2D eigenvalue weighted by Gasteiger charge is 2.22. The Morgan fingerprint density at radius 2 is 1.79 bits per heavy atom. The largest absolute Gasteiger partial charge is 0.459 e. The lowest BCUT2D eigenvalue weighted by Gasteiger charge is -2.17. The van der Waals surface area contributed by atoms with E-state index in [1.54, 1.807) is 36.0 Å². The maximum absolute atomic E-state index is 13.9. The Kier molecular flexibility index (Phi) is 5.01. The number of carbonyl (C=O) groups excluding carboxylic acids is 1. The molecule has 24 heavy (non-hydrogen) atoms. The molecule has 0 saturated carbocycles. The molecule has 2 aromatic carbocycles. The summed E-state index contributed by atoms with van der Waals surface area (Å²) in [5.41, 5.74) is 1.01. The smallest absolute Gasteiger partial charge is 0.294 e. The highest BCUT2D eigenvalue weighted by atomic mass is 32.2. The number of hydrogen-bond acceptors (Lipinski definition) is 3. The normalized spacial score (nSPS) is 10.6. The van der Waals surface area contributed by atoms with Crippen LogP contribution in [0.2, 0.25) is 0 Å². The molecule has 0 aliphatic rings. The first-order valence-corrected chi connectivity index (χ1v) is 8.42. The molecule has 0 unspecified atom stereocenters. The van der Waals surface area contributed by atoms with Gasteiger partial charge < -0.3 is 9.32 Å². The minimum absolute atomic E-state index is 0.223. The molecule has 0 spiro atoms. The van der Waals surface area contributed by atoms with Gasteiger partial charge in [0.1, 0.15) is 5.82 Å². The molecule has 1 heterocycles. The highest BCUT2D eigenvalue weighted by molar-refractivity contribution is 7.98. The van der Waals surface area contributed by atoms with Crippen LogP contribution in [0.5, 0.6) is 0 Å². The monoisotopic (exact) mass is 341 g/mol. The summed E-state index contributed by atoms with van der Waals surface area (Å²) in [7, 11) is 1.54. The third kappa shape index (κ3) is 3.51. The summed E-state index contributed by atoms with van der Waals surface area (Å²) in [5, 5.41) is 0. The van der Waals surface area contributed by atoms with Gasteiger partial charge in [-0.3, -0.25) is 4.79 Å². The molecular weight excluding hydrogens is 325 g/mol. The molecule has 122 valence electrons. The second kappa shape index (κ2) is 7.36. The number of amides is 1. The quantitative estimate of drug-likeness (QED) is 0.613. The Morgan fingerprint density at radius 3 is 2.54 bits per heavy atom. The van der Waals surface area contributed by atoms with Crippen LogP contribution in [0.25, 0.3) is 0 Å². The zero-order valence-corrected chi connectivity index (χ0v) is 13.9. The maximum atomic E-state index is 13.9. The van der Waals surface area contributed by atoms with Gasteiger partial charge in [-0.15, -0.1) is 11.8 Å². The van der Waals surface area contributed by atoms with E-state index < -0.39 is 5.82 Å². The lowest BCUT2D eigenvalue weighted by Crippen LogP contribution is -2.27. The van der Waals surface area contributed by atoms with Crippen LogP contribution in [0.15, 0.2) is 76.2 Å². The fourth-order valence-corrected chi connectivity index (χ4v) is 3.20. The van der Waals surface area contributed by atoms with Crippen molar-refractivity contribution >= 4 is 23.4 Å². The van der Waals surface area contributed by atoms with Gasteiger partial charge in [-0.2, -0.15) is 0 Å². The van der Waals surface area contributed by atoms with Crippen molar-refractivity contribution in [1.82, 2.24) is 0 Å². The summed E-state index contributed by atoms with van der Waals surface area (Å²) in [6.45, 7) is 0. The van der Waals surface area contributed by atoms with Crippen LogP contribution in [-0.2, 0) is 5.75 Å². The van der Waals surface area contributed by atoms with Crippen molar-refractivity contribution in [2.75, 3.05) is 11.9 Å². The lowest BCUT2D eigenvalue weighted by atomic mass is 10.2. The number of hydrogen-bond donors (Lipinski definition) is 0. The molecule has 0 N–H and O–H groups in total. The topological polar surface area (TPSA) is 33.5 Å². The molecule has 3 rings (SSSR count). The van der Waals surface area contributed by atoms with Gasteiger partial charge in [0.2, 0.25) is 0 Å². The van der Waals surface area contributed by atoms with Crippen molar-refractivity contribution in [3.8, 4) is 0 Å². The van der Waals surface area contributed by atoms with Crippen molar-refractivity contribution in [3.63, 3.8) is 0 Å². The SMILES string of the molecule is CN(C(=O)c1occc1CSc1ccccc1)c1ccccc1F. The second-order valence-electron chi connectivity index (χ2n) is 5.19. The Morgan fingerprint density at radius 1 is 1.08 bits per heavy atom. The average molecular weight is 341 g/mol. The number of furan rings is 1. The van der Waals surface area contributed by atoms with Gasteiger partial charge in [0.25, 0.3) is 5.91 Å². The van der Waals surface area contributed by atoms with E-state index in [1.807, 2.05) is 30.3 Å². The van der Waals surface area contributed by atoms with Crippen molar-refractivity contribution in [2.24, 2.45) is 0 Å². The molecular formula is C19H16FNO2S. The highest BCUT2D eigenvalue weighted by Crippen LogP contribution is 2.27. The average Bonchev–Trinajstić information content (AvgIpc) is 3.08. The van der Waals surface area contributed by atoms with Crippen molar-refractivity contribution in [2.45, 2.75) is 10.6 Å². The minimum atomic E-state index is -0.444. The Balaban J connectivity index is 1.77. The lowest BCUT2D eigenvalue weighted by molar-refractivity contribution is 0.0964. The number of anilines is 1. The van der Waals surface area contributed by atoms with Crippen molar-refractivity contribution < 1.29 is 13.6 Å². The van der Waals surface area contributed by atoms with E-state index in [4.69, 9.17) is 4.42 Å². The van der Waals surface area contributed by atoms with E-state index in [2.05, 4.69) is 0 Å². The van der Waals surface area contributed by atoms with Gasteiger partial charge in [-0.1, -0.05) is 30.3 Å². The molecule has 5 heteroatoms. The van der Waals surface area contributed by atoms with Crippen LogP contribution in [0.4, 0.5) is 10.1 Å². The third-order valence-electron chi connectivity index (χ3n) is 3.60. The number of benzene rings is 2. The Hall–Kier alpha value is -2.53. The third-order valence-corrected chi connectivity index (χ3v) is 4.66. The Bertz CT molecular complexity index is 832. The summed E-state index contributed by atoms with van der Waals surface area (Å²) < 4.78 is 19.3. The predicted molar refractivity (Wildman–Crippen MR) is 93.8 cm³/mol. The van der Waals surface area contributed by atoms with Gasteiger partial charge in [0.05, 0.1) is 12.0 Å².